The van der Waals surface area contributed by atoms with E-state index in [1.165, 1.54) is 13.2 Å². The van der Waals surface area contributed by atoms with Crippen molar-refractivity contribution < 1.29 is 19.0 Å². The van der Waals surface area contributed by atoms with Gasteiger partial charge in [0.2, 0.25) is 0 Å². The molecule has 2 aromatic carbocycles. The van der Waals surface area contributed by atoms with E-state index in [1.807, 2.05) is 39.0 Å². The number of hydrogen-bond acceptors (Lipinski definition) is 5. The predicted molar refractivity (Wildman–Crippen MR) is 99.4 cm³/mol. The summed E-state index contributed by atoms with van der Waals surface area (Å²) in [5, 5.41) is 8.59. The van der Waals surface area contributed by atoms with Gasteiger partial charge in [0.15, 0.2) is 18.1 Å². The lowest BCUT2D eigenvalue weighted by atomic mass is 10.1. The van der Waals surface area contributed by atoms with Gasteiger partial charge in [0, 0.05) is 6.08 Å². The maximum Gasteiger partial charge on any atom is 0.336 e. The maximum absolute atomic E-state index is 12.2. The molecule has 5 heteroatoms. The van der Waals surface area contributed by atoms with Crippen LogP contribution in [0.2, 0.25) is 0 Å². The summed E-state index contributed by atoms with van der Waals surface area (Å²) in [5.74, 6) is 1.10. The first-order chi connectivity index (χ1) is 12.5. The molecule has 0 aliphatic carbocycles. The molecule has 0 saturated carbocycles. The number of benzene rings is 2. The quantitative estimate of drug-likeness (QED) is 0.444. The lowest BCUT2D eigenvalue weighted by Gasteiger charge is -2.11. The fourth-order valence-corrected chi connectivity index (χ4v) is 2.40. The second-order valence-corrected chi connectivity index (χ2v) is 5.76. The number of methoxy groups -OCH3 is 1. The van der Waals surface area contributed by atoms with Crippen molar-refractivity contribution in [2.45, 2.75) is 20.8 Å². The van der Waals surface area contributed by atoms with E-state index >= 15 is 0 Å². The highest BCUT2D eigenvalue weighted by atomic mass is 16.5. The van der Waals surface area contributed by atoms with Crippen LogP contribution < -0.4 is 14.2 Å². The molecule has 0 bridgehead atoms. The smallest absolute Gasteiger partial charge is 0.336 e. The Morgan fingerprint density at radius 1 is 1.12 bits per heavy atom. The summed E-state index contributed by atoms with van der Waals surface area (Å²) in [5.41, 5.74) is 3.68. The first-order valence-corrected chi connectivity index (χ1v) is 8.10. The Balaban J connectivity index is 2.13. The lowest BCUT2D eigenvalue weighted by Crippen LogP contribution is -2.07. The SMILES string of the molecule is COc1cc(/C=C/C(=O)Oc2c(C)ccc(C)c2C)ccc1OCC#N. The highest BCUT2D eigenvalue weighted by Gasteiger charge is 2.10. The number of rotatable bonds is 6. The molecule has 2 rings (SSSR count). The third-order valence-electron chi connectivity index (χ3n) is 3.97. The summed E-state index contributed by atoms with van der Waals surface area (Å²) in [6.45, 7) is 5.75. The van der Waals surface area contributed by atoms with Crippen molar-refractivity contribution in [3.05, 3.63) is 58.7 Å². The van der Waals surface area contributed by atoms with Gasteiger partial charge in [-0.25, -0.2) is 4.79 Å². The predicted octanol–water partition coefficient (Wildman–Crippen LogP) is 4.14. The molecule has 0 unspecified atom stereocenters. The van der Waals surface area contributed by atoms with Gasteiger partial charge >= 0.3 is 5.97 Å². The molecule has 0 N–H and O–H groups in total. The monoisotopic (exact) mass is 351 g/mol. The highest BCUT2D eigenvalue weighted by molar-refractivity contribution is 5.89. The van der Waals surface area contributed by atoms with E-state index in [4.69, 9.17) is 19.5 Å². The van der Waals surface area contributed by atoms with Gasteiger partial charge < -0.3 is 14.2 Å². The standard InChI is InChI=1S/C21H21NO4/c1-14-5-6-15(2)21(16(14)3)26-20(23)10-8-17-7-9-18(25-12-11-22)19(13-17)24-4/h5-10,13H,12H2,1-4H3/b10-8+. The van der Waals surface area contributed by atoms with Crippen LogP contribution in [0.3, 0.4) is 0 Å². The van der Waals surface area contributed by atoms with Gasteiger partial charge in [-0.2, -0.15) is 5.26 Å². The third kappa shape index (κ3) is 4.64. The van der Waals surface area contributed by atoms with Crippen molar-refractivity contribution in [1.82, 2.24) is 0 Å². The molecule has 0 spiro atoms. The second-order valence-electron chi connectivity index (χ2n) is 5.76. The molecule has 0 atom stereocenters. The van der Waals surface area contributed by atoms with Crippen LogP contribution in [0, 0.1) is 32.1 Å². The fraction of sp³-hybridized carbons (Fsp3) is 0.238. The molecular formula is C21H21NO4. The summed E-state index contributed by atoms with van der Waals surface area (Å²) in [6, 6.07) is 11.0. The first-order valence-electron chi connectivity index (χ1n) is 8.10. The number of esters is 1. The maximum atomic E-state index is 12.2. The molecule has 0 fully saturated rings. The van der Waals surface area contributed by atoms with Crippen LogP contribution >= 0.6 is 0 Å². The molecule has 0 amide bonds. The van der Waals surface area contributed by atoms with E-state index in [0.29, 0.717) is 17.2 Å². The Bertz CT molecular complexity index is 878. The van der Waals surface area contributed by atoms with E-state index in [1.54, 1.807) is 24.3 Å². The number of nitriles is 1. The summed E-state index contributed by atoms with van der Waals surface area (Å²) in [6.07, 6.45) is 3.01. The second kappa shape index (κ2) is 8.72. The van der Waals surface area contributed by atoms with E-state index in [-0.39, 0.29) is 6.61 Å². The Kier molecular flexibility index (Phi) is 6.40. The van der Waals surface area contributed by atoms with Gasteiger partial charge in [-0.3, -0.25) is 0 Å². The van der Waals surface area contributed by atoms with Crippen LogP contribution in [-0.2, 0) is 4.79 Å². The van der Waals surface area contributed by atoms with Crippen molar-refractivity contribution in [2.75, 3.05) is 13.7 Å². The highest BCUT2D eigenvalue weighted by Crippen LogP contribution is 2.29. The van der Waals surface area contributed by atoms with Crippen molar-refractivity contribution in [3.63, 3.8) is 0 Å². The normalized spacial score (nSPS) is 10.4. The number of hydrogen-bond donors (Lipinski definition) is 0. The van der Waals surface area contributed by atoms with Crippen LogP contribution in [0.25, 0.3) is 6.08 Å². The number of carbonyl (C=O) groups is 1. The molecular weight excluding hydrogens is 330 g/mol. The Morgan fingerprint density at radius 2 is 1.85 bits per heavy atom. The average Bonchev–Trinajstić information content (AvgIpc) is 2.65. The van der Waals surface area contributed by atoms with Crippen molar-refractivity contribution in [2.24, 2.45) is 0 Å². The zero-order valence-electron chi connectivity index (χ0n) is 15.3. The van der Waals surface area contributed by atoms with Crippen LogP contribution in [0.4, 0.5) is 0 Å². The lowest BCUT2D eigenvalue weighted by molar-refractivity contribution is -0.129. The van der Waals surface area contributed by atoms with Crippen LogP contribution in [0.5, 0.6) is 17.2 Å². The minimum Gasteiger partial charge on any atom is -0.493 e. The van der Waals surface area contributed by atoms with Gasteiger partial charge in [-0.05, 0) is 61.2 Å². The van der Waals surface area contributed by atoms with Crippen molar-refractivity contribution in [3.8, 4) is 23.3 Å². The van der Waals surface area contributed by atoms with E-state index < -0.39 is 5.97 Å². The Morgan fingerprint density at radius 3 is 2.54 bits per heavy atom. The van der Waals surface area contributed by atoms with Crippen molar-refractivity contribution >= 4 is 12.0 Å². The van der Waals surface area contributed by atoms with Gasteiger partial charge in [-0.1, -0.05) is 18.2 Å². The molecule has 26 heavy (non-hydrogen) atoms. The molecule has 0 aromatic heterocycles. The van der Waals surface area contributed by atoms with Crippen LogP contribution in [0.1, 0.15) is 22.3 Å². The summed E-state index contributed by atoms with van der Waals surface area (Å²) in [7, 11) is 1.51. The Hall–Kier alpha value is -3.26. The summed E-state index contributed by atoms with van der Waals surface area (Å²) < 4.78 is 16.0. The van der Waals surface area contributed by atoms with Gasteiger partial charge in [0.25, 0.3) is 0 Å². The fourth-order valence-electron chi connectivity index (χ4n) is 2.40. The van der Waals surface area contributed by atoms with E-state index in [0.717, 1.165) is 22.3 Å². The number of aryl methyl sites for hydroxylation is 2. The molecule has 0 saturated heterocycles. The topological polar surface area (TPSA) is 68.6 Å². The molecule has 5 nitrogen and oxygen atoms in total. The van der Waals surface area contributed by atoms with Crippen LogP contribution in [-0.4, -0.2) is 19.7 Å². The number of nitrogens with zero attached hydrogens (tertiary/aromatic N) is 1. The van der Waals surface area contributed by atoms with E-state index in [9.17, 15) is 4.79 Å². The summed E-state index contributed by atoms with van der Waals surface area (Å²) in [4.78, 5) is 12.2. The molecule has 134 valence electrons. The number of ether oxygens (including phenoxy) is 3. The molecule has 2 aromatic rings. The number of carbonyl (C=O) groups excluding carboxylic acids is 1. The van der Waals surface area contributed by atoms with Crippen molar-refractivity contribution in [1.29, 1.82) is 5.26 Å². The minimum absolute atomic E-state index is 0.0624. The zero-order valence-corrected chi connectivity index (χ0v) is 15.3. The molecule has 0 aliphatic rings. The molecule has 0 radical (unpaired) electrons. The van der Waals surface area contributed by atoms with Gasteiger partial charge in [0.1, 0.15) is 11.8 Å². The first kappa shape index (κ1) is 19.1. The van der Waals surface area contributed by atoms with Gasteiger partial charge in [0.05, 0.1) is 7.11 Å². The third-order valence-corrected chi connectivity index (χ3v) is 3.97. The summed E-state index contributed by atoms with van der Waals surface area (Å²) >= 11 is 0. The molecule has 0 aliphatic heterocycles. The minimum atomic E-state index is -0.453. The van der Waals surface area contributed by atoms with Crippen LogP contribution in [0.15, 0.2) is 36.4 Å². The van der Waals surface area contributed by atoms with E-state index in [2.05, 4.69) is 0 Å². The average molecular weight is 351 g/mol. The Labute approximate surface area is 153 Å². The van der Waals surface area contributed by atoms with Gasteiger partial charge in [-0.15, -0.1) is 0 Å². The largest absolute Gasteiger partial charge is 0.493 e. The zero-order chi connectivity index (χ0) is 19.1. The molecule has 0 heterocycles.